The van der Waals surface area contributed by atoms with Gasteiger partial charge in [0.25, 0.3) is 0 Å². The lowest BCUT2D eigenvalue weighted by Gasteiger charge is -2.21. The van der Waals surface area contributed by atoms with E-state index in [1.54, 1.807) is 0 Å². The van der Waals surface area contributed by atoms with Gasteiger partial charge in [-0.25, -0.2) is 0 Å². The van der Waals surface area contributed by atoms with E-state index in [1.807, 2.05) is 17.7 Å². The highest BCUT2D eigenvalue weighted by Crippen LogP contribution is 2.34. The van der Waals surface area contributed by atoms with Crippen molar-refractivity contribution in [2.45, 2.75) is 52.6 Å². The van der Waals surface area contributed by atoms with E-state index in [0.29, 0.717) is 6.04 Å². The quantitative estimate of drug-likeness (QED) is 0.902. The highest BCUT2D eigenvalue weighted by Gasteiger charge is 2.31. The molecule has 0 aliphatic heterocycles. The first kappa shape index (κ1) is 14.1. The van der Waals surface area contributed by atoms with Crippen LogP contribution in [0.15, 0.2) is 6.07 Å². The fraction of sp³-hybridized carbons (Fsp3) is 0.688. The van der Waals surface area contributed by atoms with Crippen molar-refractivity contribution in [1.82, 2.24) is 9.88 Å². The summed E-state index contributed by atoms with van der Waals surface area (Å²) in [5, 5.41) is 12.7. The lowest BCUT2D eigenvalue weighted by atomic mass is 9.93. The summed E-state index contributed by atoms with van der Waals surface area (Å²) in [7, 11) is 1.96. The maximum Gasteiger partial charge on any atom is 0.120 e. The van der Waals surface area contributed by atoms with Crippen LogP contribution in [0.4, 0.5) is 0 Å². The summed E-state index contributed by atoms with van der Waals surface area (Å²) in [5.74, 6) is 1.65. The van der Waals surface area contributed by atoms with Crippen molar-refractivity contribution in [3.63, 3.8) is 0 Å². The summed E-state index contributed by atoms with van der Waals surface area (Å²) in [5.41, 5.74) is 3.20. The standard InChI is InChI=1S/C16H25N3/c1-5-13-6-7-16(11(13)2)18-10-14-8-15(9-17)19(4)12(14)3/h8,11,13,16,18H,5-7,10H2,1-4H3. The van der Waals surface area contributed by atoms with Crippen LogP contribution in [-0.4, -0.2) is 10.6 Å². The van der Waals surface area contributed by atoms with Gasteiger partial charge in [-0.15, -0.1) is 0 Å². The summed E-state index contributed by atoms with van der Waals surface area (Å²) >= 11 is 0. The molecule has 0 bridgehead atoms. The summed E-state index contributed by atoms with van der Waals surface area (Å²) in [6, 6.07) is 4.89. The van der Waals surface area contributed by atoms with Gasteiger partial charge < -0.3 is 9.88 Å². The zero-order valence-corrected chi connectivity index (χ0v) is 12.5. The SMILES string of the molecule is CCC1CCC(NCc2cc(C#N)n(C)c2C)C1C. The molecule has 1 aliphatic rings. The molecule has 1 aromatic heterocycles. The molecular weight excluding hydrogens is 234 g/mol. The predicted octanol–water partition coefficient (Wildman–Crippen LogP) is 3.12. The number of nitrogens with one attached hydrogen (secondary N) is 1. The Morgan fingerprint density at radius 1 is 1.47 bits per heavy atom. The molecule has 1 fully saturated rings. The van der Waals surface area contributed by atoms with Gasteiger partial charge in [-0.3, -0.25) is 0 Å². The maximum atomic E-state index is 9.05. The van der Waals surface area contributed by atoms with Crippen molar-refractivity contribution in [3.05, 3.63) is 23.0 Å². The molecule has 0 radical (unpaired) electrons. The molecule has 1 aromatic rings. The van der Waals surface area contributed by atoms with E-state index in [1.165, 1.54) is 30.5 Å². The Bertz CT molecular complexity index is 481. The monoisotopic (exact) mass is 259 g/mol. The molecule has 104 valence electrons. The molecular formula is C16H25N3. The Labute approximate surface area is 116 Å². The first-order valence-corrected chi connectivity index (χ1v) is 7.37. The Hall–Kier alpha value is -1.27. The van der Waals surface area contributed by atoms with Crippen molar-refractivity contribution in [3.8, 4) is 6.07 Å². The van der Waals surface area contributed by atoms with Crippen molar-refractivity contribution in [1.29, 1.82) is 5.26 Å². The minimum atomic E-state index is 0.634. The molecule has 1 N–H and O–H groups in total. The van der Waals surface area contributed by atoms with Crippen LogP contribution in [0, 0.1) is 30.1 Å². The molecule has 0 saturated heterocycles. The normalized spacial score (nSPS) is 26.6. The van der Waals surface area contributed by atoms with Crippen molar-refractivity contribution in [2.75, 3.05) is 0 Å². The Morgan fingerprint density at radius 2 is 2.21 bits per heavy atom. The first-order chi connectivity index (χ1) is 9.08. The molecule has 3 atom stereocenters. The van der Waals surface area contributed by atoms with Gasteiger partial charge in [0, 0.05) is 25.3 Å². The van der Waals surface area contributed by atoms with Gasteiger partial charge in [0.15, 0.2) is 0 Å². The average Bonchev–Trinajstić information content (AvgIpc) is 2.90. The van der Waals surface area contributed by atoms with E-state index in [0.717, 1.165) is 24.1 Å². The summed E-state index contributed by atoms with van der Waals surface area (Å²) in [6.07, 6.45) is 3.94. The Kier molecular flexibility index (Phi) is 4.31. The third-order valence-electron chi connectivity index (χ3n) is 5.06. The molecule has 1 aliphatic carbocycles. The number of nitriles is 1. The third-order valence-corrected chi connectivity index (χ3v) is 5.06. The second kappa shape index (κ2) is 5.79. The Morgan fingerprint density at radius 3 is 2.74 bits per heavy atom. The lowest BCUT2D eigenvalue weighted by molar-refractivity contribution is 0.344. The van der Waals surface area contributed by atoms with E-state index >= 15 is 0 Å². The molecule has 3 unspecified atom stereocenters. The second-order valence-electron chi connectivity index (χ2n) is 5.90. The van der Waals surface area contributed by atoms with Gasteiger partial charge in [0.2, 0.25) is 0 Å². The minimum Gasteiger partial charge on any atom is -0.340 e. The highest BCUT2D eigenvalue weighted by molar-refractivity contribution is 5.34. The van der Waals surface area contributed by atoms with Gasteiger partial charge in [-0.1, -0.05) is 20.3 Å². The molecule has 3 heteroatoms. The predicted molar refractivity (Wildman–Crippen MR) is 77.7 cm³/mol. The van der Waals surface area contributed by atoms with E-state index in [-0.39, 0.29) is 0 Å². The van der Waals surface area contributed by atoms with Gasteiger partial charge in [-0.05, 0) is 43.2 Å². The largest absolute Gasteiger partial charge is 0.340 e. The minimum absolute atomic E-state index is 0.634. The van der Waals surface area contributed by atoms with E-state index < -0.39 is 0 Å². The van der Waals surface area contributed by atoms with Crippen LogP contribution in [0.5, 0.6) is 0 Å². The average molecular weight is 259 g/mol. The molecule has 1 saturated carbocycles. The second-order valence-corrected chi connectivity index (χ2v) is 5.90. The number of nitrogens with zero attached hydrogens (tertiary/aromatic N) is 2. The first-order valence-electron chi connectivity index (χ1n) is 7.37. The van der Waals surface area contributed by atoms with Crippen LogP contribution >= 0.6 is 0 Å². The third kappa shape index (κ3) is 2.69. The zero-order valence-electron chi connectivity index (χ0n) is 12.5. The van der Waals surface area contributed by atoms with Gasteiger partial charge in [0.1, 0.15) is 11.8 Å². The van der Waals surface area contributed by atoms with Crippen molar-refractivity contribution < 1.29 is 0 Å². The van der Waals surface area contributed by atoms with Crippen LogP contribution in [0.25, 0.3) is 0 Å². The van der Waals surface area contributed by atoms with Gasteiger partial charge >= 0.3 is 0 Å². The van der Waals surface area contributed by atoms with E-state index in [2.05, 4.69) is 32.2 Å². The molecule has 1 heterocycles. The number of aromatic nitrogens is 1. The van der Waals surface area contributed by atoms with E-state index in [4.69, 9.17) is 5.26 Å². The molecule has 3 nitrogen and oxygen atoms in total. The van der Waals surface area contributed by atoms with E-state index in [9.17, 15) is 0 Å². The van der Waals surface area contributed by atoms with Crippen LogP contribution in [-0.2, 0) is 13.6 Å². The van der Waals surface area contributed by atoms with Crippen LogP contribution in [0.2, 0.25) is 0 Å². The van der Waals surface area contributed by atoms with Gasteiger partial charge in [0.05, 0.1) is 0 Å². The zero-order chi connectivity index (χ0) is 14.0. The molecule has 0 spiro atoms. The highest BCUT2D eigenvalue weighted by atomic mass is 15.0. The fourth-order valence-electron chi connectivity index (χ4n) is 3.40. The van der Waals surface area contributed by atoms with Gasteiger partial charge in [-0.2, -0.15) is 5.26 Å². The van der Waals surface area contributed by atoms with Crippen molar-refractivity contribution in [2.24, 2.45) is 18.9 Å². The van der Waals surface area contributed by atoms with Crippen LogP contribution in [0.3, 0.4) is 0 Å². The molecule has 0 aromatic carbocycles. The summed E-state index contributed by atoms with van der Waals surface area (Å²) < 4.78 is 1.98. The number of hydrogen-bond acceptors (Lipinski definition) is 2. The number of rotatable bonds is 4. The molecule has 19 heavy (non-hydrogen) atoms. The Balaban J connectivity index is 1.99. The number of hydrogen-bond donors (Lipinski definition) is 1. The van der Waals surface area contributed by atoms with Crippen LogP contribution in [0.1, 0.15) is 50.1 Å². The molecule has 0 amide bonds. The molecule has 2 rings (SSSR count). The fourth-order valence-corrected chi connectivity index (χ4v) is 3.40. The topological polar surface area (TPSA) is 40.8 Å². The smallest absolute Gasteiger partial charge is 0.120 e. The summed E-state index contributed by atoms with van der Waals surface area (Å²) in [4.78, 5) is 0. The maximum absolute atomic E-state index is 9.05. The lowest BCUT2D eigenvalue weighted by Crippen LogP contribution is -2.32. The summed E-state index contributed by atoms with van der Waals surface area (Å²) in [6.45, 7) is 7.64. The van der Waals surface area contributed by atoms with Crippen molar-refractivity contribution >= 4 is 0 Å². The van der Waals surface area contributed by atoms with Crippen LogP contribution < -0.4 is 5.32 Å².